The van der Waals surface area contributed by atoms with Crippen LogP contribution < -0.4 is 0 Å². The minimum atomic E-state index is 0.660. The Bertz CT molecular complexity index is 2180. The molecule has 0 bridgehead atoms. The molecule has 0 heterocycles. The lowest BCUT2D eigenvalue weighted by Gasteiger charge is -2.22. The molecule has 0 amide bonds. The molecule has 194 valence electrons. The first-order valence-corrected chi connectivity index (χ1v) is 14.3. The van der Waals surface area contributed by atoms with Crippen molar-refractivity contribution in [3.63, 3.8) is 0 Å². The molecule has 7 aromatic carbocycles. The third-order valence-corrected chi connectivity index (χ3v) is 8.44. The Morgan fingerprint density at radius 1 is 0.357 bits per heavy atom. The van der Waals surface area contributed by atoms with Crippen molar-refractivity contribution < 1.29 is 0 Å². The maximum atomic E-state index is 9.69. The van der Waals surface area contributed by atoms with E-state index in [4.69, 9.17) is 0 Å². The Hall–Kier alpha value is -5.71. The lowest BCUT2D eigenvalue weighted by atomic mass is 9.80. The Kier molecular flexibility index (Phi) is 5.59. The summed E-state index contributed by atoms with van der Waals surface area (Å²) >= 11 is 0. The number of nitrogens with zero attached hydrogens (tertiary/aromatic N) is 1. The average molecular weight is 532 g/mol. The van der Waals surface area contributed by atoms with Gasteiger partial charge in [-0.05, 0) is 95.7 Å². The van der Waals surface area contributed by atoms with Gasteiger partial charge in [-0.25, -0.2) is 0 Å². The van der Waals surface area contributed by atoms with Crippen LogP contribution >= 0.6 is 0 Å². The van der Waals surface area contributed by atoms with Gasteiger partial charge in [0.1, 0.15) is 0 Å². The van der Waals surface area contributed by atoms with Crippen molar-refractivity contribution in [1.29, 1.82) is 5.26 Å². The highest BCUT2D eigenvalue weighted by Crippen LogP contribution is 2.57. The maximum Gasteiger partial charge on any atom is 0.0991 e. The van der Waals surface area contributed by atoms with Crippen molar-refractivity contribution in [2.24, 2.45) is 0 Å². The molecule has 0 N–H and O–H groups in total. The van der Waals surface area contributed by atoms with E-state index in [1.807, 2.05) is 18.2 Å². The first kappa shape index (κ1) is 24.1. The molecular weight excluding hydrogens is 506 g/mol. The van der Waals surface area contributed by atoms with Gasteiger partial charge in [-0.1, -0.05) is 133 Å². The van der Waals surface area contributed by atoms with E-state index in [9.17, 15) is 5.26 Å². The smallest absolute Gasteiger partial charge is 0.0991 e. The summed E-state index contributed by atoms with van der Waals surface area (Å²) in [5.74, 6) is 0. The van der Waals surface area contributed by atoms with Crippen LogP contribution in [0.2, 0.25) is 0 Å². The van der Waals surface area contributed by atoms with Crippen molar-refractivity contribution >= 4 is 10.8 Å². The summed E-state index contributed by atoms with van der Waals surface area (Å²) in [6, 6.07) is 56.1. The molecule has 0 spiro atoms. The molecule has 0 unspecified atom stereocenters. The molecule has 42 heavy (non-hydrogen) atoms. The summed E-state index contributed by atoms with van der Waals surface area (Å²) in [7, 11) is 0. The molecule has 0 aliphatic heterocycles. The second-order valence-corrected chi connectivity index (χ2v) is 10.8. The van der Waals surface area contributed by atoms with Crippen LogP contribution in [-0.2, 0) is 0 Å². The Labute approximate surface area is 245 Å². The van der Waals surface area contributed by atoms with E-state index in [2.05, 4.69) is 140 Å². The van der Waals surface area contributed by atoms with Gasteiger partial charge in [0.2, 0.25) is 0 Å². The molecule has 0 atom stereocenters. The predicted molar refractivity (Wildman–Crippen MR) is 175 cm³/mol. The second kappa shape index (κ2) is 9.73. The number of hydrogen-bond acceptors (Lipinski definition) is 1. The first-order valence-electron chi connectivity index (χ1n) is 14.3. The summed E-state index contributed by atoms with van der Waals surface area (Å²) in [5.41, 5.74) is 15.1. The number of nitriles is 1. The minimum Gasteiger partial charge on any atom is -0.192 e. The summed E-state index contributed by atoms with van der Waals surface area (Å²) < 4.78 is 0. The van der Waals surface area contributed by atoms with E-state index in [1.54, 1.807) is 0 Å². The molecule has 0 saturated carbocycles. The van der Waals surface area contributed by atoms with Gasteiger partial charge in [-0.15, -0.1) is 0 Å². The van der Waals surface area contributed by atoms with Crippen LogP contribution in [0.15, 0.2) is 152 Å². The van der Waals surface area contributed by atoms with Crippen molar-refractivity contribution in [2.75, 3.05) is 0 Å². The van der Waals surface area contributed by atoms with E-state index >= 15 is 0 Å². The first-order chi connectivity index (χ1) is 20.8. The molecule has 8 rings (SSSR count). The standard InChI is InChI=1S/C41H25N/c42-26-27-12-9-19-31(24-27)32-20-7-8-21-33(32)39-36(28-13-3-1-4-14-28)25-37(29-15-5-2-6-16-29)40-34-22-10-17-30-18-11-23-35(38(30)34)41(39)40/h1-25H. The highest BCUT2D eigenvalue weighted by molar-refractivity contribution is 6.23. The van der Waals surface area contributed by atoms with Gasteiger partial charge in [0.05, 0.1) is 11.6 Å². The Balaban J connectivity index is 1.56. The zero-order valence-corrected chi connectivity index (χ0v) is 22.9. The highest BCUT2D eigenvalue weighted by atomic mass is 14.3. The van der Waals surface area contributed by atoms with E-state index in [0.717, 1.165) is 16.7 Å². The Morgan fingerprint density at radius 2 is 0.857 bits per heavy atom. The van der Waals surface area contributed by atoms with Crippen LogP contribution in [0.3, 0.4) is 0 Å². The third kappa shape index (κ3) is 3.70. The predicted octanol–water partition coefficient (Wildman–Crippen LogP) is 11.0. The normalized spacial score (nSPS) is 11.3. The van der Waals surface area contributed by atoms with Crippen LogP contribution in [0.5, 0.6) is 0 Å². The summed E-state index contributed by atoms with van der Waals surface area (Å²) in [4.78, 5) is 0. The fourth-order valence-corrected chi connectivity index (χ4v) is 6.67. The number of rotatable bonds is 4. The number of benzene rings is 7. The largest absolute Gasteiger partial charge is 0.192 e. The molecule has 0 radical (unpaired) electrons. The molecular formula is C41H25N. The number of fused-ring (bicyclic) bond motifs is 3. The average Bonchev–Trinajstić information content (AvgIpc) is 3.41. The van der Waals surface area contributed by atoms with Gasteiger partial charge in [0.25, 0.3) is 0 Å². The van der Waals surface area contributed by atoms with Crippen molar-refractivity contribution in [1.82, 2.24) is 0 Å². The molecule has 0 fully saturated rings. The quantitative estimate of drug-likeness (QED) is 0.222. The molecule has 0 saturated heterocycles. The molecule has 7 aromatic rings. The van der Waals surface area contributed by atoms with Crippen molar-refractivity contribution in [2.45, 2.75) is 0 Å². The molecule has 0 aromatic heterocycles. The molecule has 1 heteroatoms. The van der Waals surface area contributed by atoms with Gasteiger partial charge in [0, 0.05) is 0 Å². The second-order valence-electron chi connectivity index (χ2n) is 10.8. The third-order valence-electron chi connectivity index (χ3n) is 8.44. The van der Waals surface area contributed by atoms with Crippen LogP contribution in [-0.4, -0.2) is 0 Å². The number of hydrogen-bond donors (Lipinski definition) is 0. The fraction of sp³-hybridized carbons (Fsp3) is 0. The molecule has 1 nitrogen and oxygen atoms in total. The van der Waals surface area contributed by atoms with Crippen LogP contribution in [0.25, 0.3) is 77.5 Å². The monoisotopic (exact) mass is 531 g/mol. The zero-order chi connectivity index (χ0) is 28.0. The van der Waals surface area contributed by atoms with E-state index in [1.165, 1.54) is 60.8 Å². The van der Waals surface area contributed by atoms with Gasteiger partial charge >= 0.3 is 0 Å². The SMILES string of the molecule is N#Cc1cccc(-c2ccccc2-c2c(-c3ccccc3)cc(-c3ccccc3)c3c2-c2cccc4cccc-3c24)c1. The van der Waals surface area contributed by atoms with Gasteiger partial charge in [0.15, 0.2) is 0 Å². The van der Waals surface area contributed by atoms with E-state index in [0.29, 0.717) is 5.56 Å². The van der Waals surface area contributed by atoms with Crippen LogP contribution in [0.4, 0.5) is 0 Å². The summed E-state index contributed by atoms with van der Waals surface area (Å²) in [5, 5.41) is 12.2. The Morgan fingerprint density at radius 3 is 1.50 bits per heavy atom. The van der Waals surface area contributed by atoms with Crippen molar-refractivity contribution in [3.8, 4) is 72.8 Å². The lowest BCUT2D eigenvalue weighted by Crippen LogP contribution is -1.96. The zero-order valence-electron chi connectivity index (χ0n) is 22.9. The van der Waals surface area contributed by atoms with Gasteiger partial charge in [-0.3, -0.25) is 0 Å². The lowest BCUT2D eigenvalue weighted by molar-refractivity contribution is 1.48. The maximum absolute atomic E-state index is 9.69. The minimum absolute atomic E-state index is 0.660. The molecule has 1 aliphatic carbocycles. The fourth-order valence-electron chi connectivity index (χ4n) is 6.67. The summed E-state index contributed by atoms with van der Waals surface area (Å²) in [6.07, 6.45) is 0. The van der Waals surface area contributed by atoms with E-state index < -0.39 is 0 Å². The van der Waals surface area contributed by atoms with Gasteiger partial charge < -0.3 is 0 Å². The summed E-state index contributed by atoms with van der Waals surface area (Å²) in [6.45, 7) is 0. The van der Waals surface area contributed by atoms with E-state index in [-0.39, 0.29) is 0 Å². The highest BCUT2D eigenvalue weighted by Gasteiger charge is 2.30. The van der Waals surface area contributed by atoms with Crippen molar-refractivity contribution in [3.05, 3.63) is 157 Å². The van der Waals surface area contributed by atoms with Crippen LogP contribution in [0, 0.1) is 11.3 Å². The van der Waals surface area contributed by atoms with Crippen LogP contribution in [0.1, 0.15) is 5.56 Å². The van der Waals surface area contributed by atoms with Gasteiger partial charge in [-0.2, -0.15) is 5.26 Å². The topological polar surface area (TPSA) is 23.8 Å². The molecule has 1 aliphatic rings.